The van der Waals surface area contributed by atoms with Crippen molar-refractivity contribution in [2.75, 3.05) is 13.2 Å². The van der Waals surface area contributed by atoms with Gasteiger partial charge in [0, 0.05) is 23.9 Å². The molecule has 1 heterocycles. The lowest BCUT2D eigenvalue weighted by molar-refractivity contribution is 0.0696. The molecule has 1 aliphatic rings. The summed E-state index contributed by atoms with van der Waals surface area (Å²) in [5.41, 5.74) is 0.749. The first kappa shape index (κ1) is 15.0. The summed E-state index contributed by atoms with van der Waals surface area (Å²) >= 11 is 0. The fourth-order valence-corrected chi connectivity index (χ4v) is 2.39. The first-order valence-corrected chi connectivity index (χ1v) is 6.79. The number of aromatic carboxylic acids is 1. The zero-order chi connectivity index (χ0) is 15.3. The second-order valence-corrected chi connectivity index (χ2v) is 5.11. The van der Waals surface area contributed by atoms with Gasteiger partial charge in [0.05, 0.1) is 5.56 Å². The zero-order valence-electron chi connectivity index (χ0n) is 11.7. The highest BCUT2D eigenvalue weighted by Gasteiger charge is 2.40. The van der Waals surface area contributed by atoms with E-state index in [1.807, 2.05) is 0 Å². The number of nitrogens with zero attached hydrogens (tertiary/aromatic N) is 1. The molecule has 2 N–H and O–H groups in total. The molecule has 0 bridgehead atoms. The molecular weight excluding hydrogens is 272 g/mol. The fourth-order valence-electron chi connectivity index (χ4n) is 2.39. The number of carbonyl (C=O) groups excluding carboxylic acids is 1. The van der Waals surface area contributed by atoms with E-state index in [-0.39, 0.29) is 17.6 Å². The molecule has 1 fully saturated rings. The zero-order valence-corrected chi connectivity index (χ0v) is 11.7. The summed E-state index contributed by atoms with van der Waals surface area (Å²) in [6.07, 6.45) is 5.26. The number of rotatable bonds is 6. The molecule has 1 amide bonds. The minimum Gasteiger partial charge on any atom is -0.478 e. The topological polar surface area (TPSA) is 88.5 Å². The van der Waals surface area contributed by atoms with E-state index >= 15 is 0 Å². The first-order chi connectivity index (χ1) is 10.1. The summed E-state index contributed by atoms with van der Waals surface area (Å²) in [6.45, 7) is 4.08. The van der Waals surface area contributed by atoms with E-state index < -0.39 is 12.1 Å². The minimum absolute atomic E-state index is 0.159. The summed E-state index contributed by atoms with van der Waals surface area (Å²) in [5, 5.41) is 11.6. The summed E-state index contributed by atoms with van der Waals surface area (Å²) in [4.78, 5) is 26.6. The Bertz CT molecular complexity index is 535. The summed E-state index contributed by atoms with van der Waals surface area (Å²) < 4.78 is 4.88. The largest absolute Gasteiger partial charge is 0.478 e. The van der Waals surface area contributed by atoms with Crippen molar-refractivity contribution in [2.24, 2.45) is 0 Å². The van der Waals surface area contributed by atoms with Crippen LogP contribution in [0.1, 0.15) is 35.3 Å². The molecule has 1 aliphatic carbocycles. The number of hydrogen-bond acceptors (Lipinski definition) is 4. The van der Waals surface area contributed by atoms with Gasteiger partial charge in [0.1, 0.15) is 6.61 Å². The van der Waals surface area contributed by atoms with Crippen molar-refractivity contribution >= 4 is 12.1 Å². The molecule has 6 heteroatoms. The van der Waals surface area contributed by atoms with Crippen molar-refractivity contribution in [2.45, 2.75) is 24.7 Å². The third-order valence-electron chi connectivity index (χ3n) is 3.77. The van der Waals surface area contributed by atoms with Crippen molar-refractivity contribution < 1.29 is 19.4 Å². The second-order valence-electron chi connectivity index (χ2n) is 5.11. The summed E-state index contributed by atoms with van der Waals surface area (Å²) in [7, 11) is 0. The Labute approximate surface area is 122 Å². The Balaban J connectivity index is 2.02. The van der Waals surface area contributed by atoms with Gasteiger partial charge in [-0.15, -0.1) is 0 Å². The predicted molar refractivity (Wildman–Crippen MR) is 76.3 cm³/mol. The number of carboxylic acids is 1. The third-order valence-corrected chi connectivity index (χ3v) is 3.77. The van der Waals surface area contributed by atoms with Crippen LogP contribution in [0.15, 0.2) is 31.0 Å². The van der Waals surface area contributed by atoms with Gasteiger partial charge in [-0.3, -0.25) is 4.98 Å². The average molecular weight is 290 g/mol. The van der Waals surface area contributed by atoms with Gasteiger partial charge in [0.25, 0.3) is 0 Å². The Hall–Kier alpha value is -2.37. The highest BCUT2D eigenvalue weighted by atomic mass is 16.5. The number of pyridine rings is 1. The van der Waals surface area contributed by atoms with Crippen molar-refractivity contribution in [1.29, 1.82) is 0 Å². The van der Waals surface area contributed by atoms with E-state index in [1.165, 1.54) is 12.3 Å². The van der Waals surface area contributed by atoms with Crippen LogP contribution in [0.3, 0.4) is 0 Å². The van der Waals surface area contributed by atoms with E-state index in [1.54, 1.807) is 12.1 Å². The van der Waals surface area contributed by atoms with Gasteiger partial charge in [0.15, 0.2) is 0 Å². The lowest BCUT2D eigenvalue weighted by atomic mass is 9.66. The molecule has 21 heavy (non-hydrogen) atoms. The maximum Gasteiger partial charge on any atom is 0.407 e. The monoisotopic (exact) mass is 290 g/mol. The van der Waals surface area contributed by atoms with E-state index in [0.717, 1.165) is 25.0 Å². The number of amides is 1. The Kier molecular flexibility index (Phi) is 4.57. The molecule has 6 nitrogen and oxygen atoms in total. The van der Waals surface area contributed by atoms with Gasteiger partial charge in [-0.05, 0) is 25.0 Å². The van der Waals surface area contributed by atoms with Crippen LogP contribution in [-0.2, 0) is 10.2 Å². The summed E-state index contributed by atoms with van der Waals surface area (Å²) in [5.74, 6) is -0.997. The van der Waals surface area contributed by atoms with Gasteiger partial charge < -0.3 is 15.2 Å². The molecule has 1 saturated carbocycles. The highest BCUT2D eigenvalue weighted by molar-refractivity contribution is 5.87. The number of carboxylic acid groups (broad SMARTS) is 1. The Morgan fingerprint density at radius 3 is 2.71 bits per heavy atom. The molecule has 0 unspecified atom stereocenters. The lowest BCUT2D eigenvalue weighted by Gasteiger charge is -2.41. The fraction of sp³-hybridized carbons (Fsp3) is 0.400. The van der Waals surface area contributed by atoms with E-state index in [0.29, 0.717) is 6.54 Å². The number of ether oxygens (including phenoxy) is 1. The maximum absolute atomic E-state index is 11.5. The average Bonchev–Trinajstić information content (AvgIpc) is 2.44. The molecule has 0 aromatic carbocycles. The van der Waals surface area contributed by atoms with Crippen LogP contribution in [0.25, 0.3) is 0 Å². The molecule has 112 valence electrons. The Morgan fingerprint density at radius 1 is 1.48 bits per heavy atom. The van der Waals surface area contributed by atoms with Crippen LogP contribution < -0.4 is 5.32 Å². The number of carbonyl (C=O) groups is 2. The molecule has 0 radical (unpaired) electrons. The van der Waals surface area contributed by atoms with Crippen molar-refractivity contribution in [3.05, 3.63) is 42.2 Å². The van der Waals surface area contributed by atoms with Gasteiger partial charge in [0.2, 0.25) is 0 Å². The normalized spacial score (nSPS) is 15.6. The van der Waals surface area contributed by atoms with E-state index in [9.17, 15) is 9.59 Å². The van der Waals surface area contributed by atoms with Gasteiger partial charge in [-0.1, -0.05) is 19.1 Å². The molecule has 1 aromatic rings. The quantitative estimate of drug-likeness (QED) is 0.783. The van der Waals surface area contributed by atoms with Crippen molar-refractivity contribution in [1.82, 2.24) is 10.3 Å². The third kappa shape index (κ3) is 3.39. The molecule has 0 atom stereocenters. The highest BCUT2D eigenvalue weighted by Crippen LogP contribution is 2.42. The van der Waals surface area contributed by atoms with Crippen LogP contribution in [0.2, 0.25) is 0 Å². The second kappa shape index (κ2) is 6.39. The number of hydrogen-bond donors (Lipinski definition) is 2. The lowest BCUT2D eigenvalue weighted by Crippen LogP contribution is -2.46. The molecule has 0 aliphatic heterocycles. The van der Waals surface area contributed by atoms with Crippen LogP contribution in [0.4, 0.5) is 4.79 Å². The SMILES string of the molecule is C=CCOC(=O)NCC1(c2ccc(C(=O)O)cn2)CCC1. The first-order valence-electron chi connectivity index (χ1n) is 6.79. The molecule has 1 aromatic heterocycles. The molecule has 0 saturated heterocycles. The van der Waals surface area contributed by atoms with Crippen molar-refractivity contribution in [3.8, 4) is 0 Å². The summed E-state index contributed by atoms with van der Waals surface area (Å²) in [6, 6.07) is 3.26. The number of alkyl carbamates (subject to hydrolysis) is 1. The molecule has 0 spiro atoms. The van der Waals surface area contributed by atoms with Crippen molar-refractivity contribution in [3.63, 3.8) is 0 Å². The van der Waals surface area contributed by atoms with Gasteiger partial charge >= 0.3 is 12.1 Å². The molecular formula is C15H18N2O4. The molecule has 2 rings (SSSR count). The number of nitrogens with one attached hydrogen (secondary N) is 1. The van der Waals surface area contributed by atoms with Crippen LogP contribution in [0.5, 0.6) is 0 Å². The number of aromatic nitrogens is 1. The van der Waals surface area contributed by atoms with Gasteiger partial charge in [-0.25, -0.2) is 9.59 Å². The smallest absolute Gasteiger partial charge is 0.407 e. The van der Waals surface area contributed by atoms with E-state index in [4.69, 9.17) is 9.84 Å². The van der Waals surface area contributed by atoms with Gasteiger partial charge in [-0.2, -0.15) is 0 Å². The predicted octanol–water partition coefficient (Wildman–Crippen LogP) is 2.11. The van der Waals surface area contributed by atoms with Crippen LogP contribution >= 0.6 is 0 Å². The van der Waals surface area contributed by atoms with E-state index in [2.05, 4.69) is 16.9 Å². The standard InChI is InChI=1S/C15H18N2O4/c1-2-8-21-14(20)17-10-15(6-3-7-15)12-5-4-11(9-16-12)13(18)19/h2,4-5,9H,1,3,6-8,10H2,(H,17,20)(H,18,19). The van der Waals surface area contributed by atoms with Crippen LogP contribution in [-0.4, -0.2) is 35.3 Å². The maximum atomic E-state index is 11.5. The van der Waals surface area contributed by atoms with Crippen LogP contribution in [0, 0.1) is 0 Å². The Morgan fingerprint density at radius 2 is 2.24 bits per heavy atom. The minimum atomic E-state index is -0.997.